The van der Waals surface area contributed by atoms with Crippen molar-refractivity contribution in [2.45, 2.75) is 40.2 Å². The van der Waals surface area contributed by atoms with E-state index in [0.29, 0.717) is 12.5 Å². The van der Waals surface area contributed by atoms with Gasteiger partial charge < -0.3 is 16.0 Å². The lowest BCUT2D eigenvalue weighted by Gasteiger charge is -2.16. The summed E-state index contributed by atoms with van der Waals surface area (Å²) in [4.78, 5) is 15.9. The number of aromatic nitrogens is 2. The van der Waals surface area contributed by atoms with E-state index in [4.69, 9.17) is 5.73 Å². The molecule has 0 bridgehead atoms. The zero-order chi connectivity index (χ0) is 17.8. The van der Waals surface area contributed by atoms with E-state index < -0.39 is 0 Å². The van der Waals surface area contributed by atoms with Gasteiger partial charge in [-0.15, -0.1) is 0 Å². The van der Waals surface area contributed by atoms with Crippen LogP contribution < -0.4 is 16.0 Å². The van der Waals surface area contributed by atoms with Gasteiger partial charge in [0, 0.05) is 24.5 Å². The fourth-order valence-corrected chi connectivity index (χ4v) is 3.16. The smallest absolute Gasteiger partial charge is 0.225 e. The normalized spacial score (nSPS) is 14.8. The van der Waals surface area contributed by atoms with Crippen molar-refractivity contribution in [2.24, 2.45) is 10.7 Å². The number of nitrogens with zero attached hydrogens (tertiary/aromatic N) is 4. The van der Waals surface area contributed by atoms with Gasteiger partial charge in [-0.3, -0.25) is 0 Å². The second kappa shape index (κ2) is 7.51. The minimum atomic E-state index is 0.393. The van der Waals surface area contributed by atoms with E-state index in [0.717, 1.165) is 36.1 Å². The maximum Gasteiger partial charge on any atom is 0.225 e. The standard InChI is InChI=1S/C19H26N6/c1-13-8-14(2)10-16(9-13)23-18(20)21-12-17-11-15(3)22-19(24-17)25-6-4-5-7-25/h8-11H,4-7,12H2,1-3H3,(H3,20,21,23). The molecule has 1 saturated heterocycles. The summed E-state index contributed by atoms with van der Waals surface area (Å²) >= 11 is 0. The first kappa shape index (κ1) is 17.2. The molecule has 6 nitrogen and oxygen atoms in total. The lowest BCUT2D eigenvalue weighted by atomic mass is 10.1. The highest BCUT2D eigenvalue weighted by molar-refractivity contribution is 5.92. The van der Waals surface area contributed by atoms with E-state index in [1.807, 2.05) is 13.0 Å². The summed E-state index contributed by atoms with van der Waals surface area (Å²) in [5.74, 6) is 1.20. The summed E-state index contributed by atoms with van der Waals surface area (Å²) in [6.07, 6.45) is 2.41. The number of hydrogen-bond donors (Lipinski definition) is 2. The topological polar surface area (TPSA) is 79.4 Å². The second-order valence-electron chi connectivity index (χ2n) is 6.70. The number of guanidine groups is 1. The highest BCUT2D eigenvalue weighted by Crippen LogP contribution is 2.17. The largest absolute Gasteiger partial charge is 0.370 e. The van der Waals surface area contributed by atoms with Gasteiger partial charge in [-0.25, -0.2) is 15.0 Å². The molecular formula is C19H26N6. The molecule has 3 N–H and O–H groups in total. The molecule has 132 valence electrons. The number of benzene rings is 1. The van der Waals surface area contributed by atoms with Crippen molar-refractivity contribution in [3.63, 3.8) is 0 Å². The molecule has 6 heteroatoms. The fraction of sp³-hybridized carbons (Fsp3) is 0.421. The van der Waals surface area contributed by atoms with E-state index in [2.05, 4.69) is 57.2 Å². The molecule has 1 fully saturated rings. The predicted molar refractivity (Wildman–Crippen MR) is 103 cm³/mol. The second-order valence-corrected chi connectivity index (χ2v) is 6.70. The van der Waals surface area contributed by atoms with Crippen LogP contribution in [0.1, 0.15) is 35.4 Å². The number of hydrogen-bond acceptors (Lipinski definition) is 4. The van der Waals surface area contributed by atoms with E-state index in [1.165, 1.54) is 24.0 Å². The Balaban J connectivity index is 1.70. The third-order valence-corrected chi connectivity index (χ3v) is 4.19. The molecule has 0 radical (unpaired) electrons. The van der Waals surface area contributed by atoms with Gasteiger partial charge in [0.1, 0.15) is 0 Å². The third-order valence-electron chi connectivity index (χ3n) is 4.19. The Morgan fingerprint density at radius 2 is 1.76 bits per heavy atom. The SMILES string of the molecule is Cc1cc(C)cc(NC(N)=NCc2cc(C)nc(N3CCCC3)n2)c1. The van der Waals surface area contributed by atoms with Crippen LogP contribution in [0.3, 0.4) is 0 Å². The third kappa shape index (κ3) is 4.68. The van der Waals surface area contributed by atoms with Gasteiger partial charge in [0.2, 0.25) is 5.95 Å². The summed E-state index contributed by atoms with van der Waals surface area (Å²) in [6.45, 7) is 8.62. The van der Waals surface area contributed by atoms with Crippen molar-refractivity contribution in [3.05, 3.63) is 46.8 Å². The van der Waals surface area contributed by atoms with Gasteiger partial charge in [0.05, 0.1) is 12.2 Å². The monoisotopic (exact) mass is 338 g/mol. The van der Waals surface area contributed by atoms with Crippen LogP contribution in [-0.2, 0) is 6.54 Å². The zero-order valence-electron chi connectivity index (χ0n) is 15.2. The highest BCUT2D eigenvalue weighted by Gasteiger charge is 2.15. The molecule has 0 saturated carbocycles. The summed E-state index contributed by atoms with van der Waals surface area (Å²) in [5, 5.41) is 3.15. The Hall–Kier alpha value is -2.63. The number of aliphatic imine (C=N–C) groups is 1. The van der Waals surface area contributed by atoms with Gasteiger partial charge in [0.25, 0.3) is 0 Å². The first-order valence-electron chi connectivity index (χ1n) is 8.74. The first-order chi connectivity index (χ1) is 12.0. The minimum Gasteiger partial charge on any atom is -0.370 e. The van der Waals surface area contributed by atoms with E-state index in [-0.39, 0.29) is 0 Å². The number of rotatable bonds is 4. The maximum absolute atomic E-state index is 6.04. The summed E-state index contributed by atoms with van der Waals surface area (Å²) in [7, 11) is 0. The molecule has 0 unspecified atom stereocenters. The fourth-order valence-electron chi connectivity index (χ4n) is 3.16. The van der Waals surface area contributed by atoms with Crippen molar-refractivity contribution < 1.29 is 0 Å². The number of aryl methyl sites for hydroxylation is 3. The summed E-state index contributed by atoms with van der Waals surface area (Å²) in [6, 6.07) is 8.20. The number of nitrogens with two attached hydrogens (primary N) is 1. The van der Waals surface area contributed by atoms with Crippen molar-refractivity contribution in [1.29, 1.82) is 0 Å². The van der Waals surface area contributed by atoms with Crippen LogP contribution in [0.25, 0.3) is 0 Å². The minimum absolute atomic E-state index is 0.393. The molecule has 2 heterocycles. The number of nitrogens with one attached hydrogen (secondary N) is 1. The summed E-state index contributed by atoms with van der Waals surface area (Å²) < 4.78 is 0. The highest BCUT2D eigenvalue weighted by atomic mass is 15.3. The lowest BCUT2D eigenvalue weighted by molar-refractivity contribution is 0.857. The van der Waals surface area contributed by atoms with Crippen LogP contribution in [0, 0.1) is 20.8 Å². The van der Waals surface area contributed by atoms with Crippen molar-refractivity contribution in [2.75, 3.05) is 23.3 Å². The Kier molecular flexibility index (Phi) is 5.16. The van der Waals surface area contributed by atoms with Crippen LogP contribution in [0.15, 0.2) is 29.3 Å². The van der Waals surface area contributed by atoms with Gasteiger partial charge in [-0.05, 0) is 62.9 Å². The van der Waals surface area contributed by atoms with Crippen LogP contribution in [-0.4, -0.2) is 29.0 Å². The van der Waals surface area contributed by atoms with Crippen molar-refractivity contribution >= 4 is 17.6 Å². The molecule has 1 aliphatic heterocycles. The Morgan fingerprint density at radius 1 is 1.08 bits per heavy atom. The predicted octanol–water partition coefficient (Wildman–Crippen LogP) is 2.93. The van der Waals surface area contributed by atoms with Gasteiger partial charge in [-0.2, -0.15) is 0 Å². The van der Waals surface area contributed by atoms with Crippen LogP contribution >= 0.6 is 0 Å². The van der Waals surface area contributed by atoms with E-state index in [9.17, 15) is 0 Å². The average Bonchev–Trinajstić information content (AvgIpc) is 3.06. The molecule has 2 aromatic rings. The molecule has 1 aromatic heterocycles. The van der Waals surface area contributed by atoms with Crippen LogP contribution in [0.5, 0.6) is 0 Å². The van der Waals surface area contributed by atoms with Crippen molar-refractivity contribution in [1.82, 2.24) is 9.97 Å². The Morgan fingerprint density at radius 3 is 2.44 bits per heavy atom. The molecule has 0 spiro atoms. The van der Waals surface area contributed by atoms with Crippen molar-refractivity contribution in [3.8, 4) is 0 Å². The zero-order valence-corrected chi connectivity index (χ0v) is 15.2. The summed E-state index contributed by atoms with van der Waals surface area (Å²) in [5.41, 5.74) is 11.2. The quantitative estimate of drug-likeness (QED) is 0.662. The molecule has 0 amide bonds. The van der Waals surface area contributed by atoms with Gasteiger partial charge >= 0.3 is 0 Å². The average molecular weight is 338 g/mol. The first-order valence-corrected chi connectivity index (χ1v) is 8.74. The molecule has 0 atom stereocenters. The molecule has 1 aliphatic rings. The lowest BCUT2D eigenvalue weighted by Crippen LogP contribution is -2.23. The van der Waals surface area contributed by atoms with Gasteiger partial charge in [0.15, 0.2) is 5.96 Å². The molecular weight excluding hydrogens is 312 g/mol. The Labute approximate surface area is 149 Å². The van der Waals surface area contributed by atoms with Crippen LogP contribution in [0.2, 0.25) is 0 Å². The molecule has 1 aromatic carbocycles. The van der Waals surface area contributed by atoms with Gasteiger partial charge in [-0.1, -0.05) is 6.07 Å². The van der Waals surface area contributed by atoms with E-state index in [1.54, 1.807) is 0 Å². The molecule has 0 aliphatic carbocycles. The van der Waals surface area contributed by atoms with E-state index >= 15 is 0 Å². The number of anilines is 2. The maximum atomic E-state index is 6.04. The molecule has 3 rings (SSSR count). The van der Waals surface area contributed by atoms with Crippen LogP contribution in [0.4, 0.5) is 11.6 Å². The molecule has 25 heavy (non-hydrogen) atoms. The Bertz CT molecular complexity index is 757.